The van der Waals surface area contributed by atoms with Gasteiger partial charge < -0.3 is 33.1 Å². The van der Waals surface area contributed by atoms with Crippen LogP contribution in [0.2, 0.25) is 0 Å². The molecular weight excluding hydrogens is 332 g/mol. The van der Waals surface area contributed by atoms with Crippen molar-refractivity contribution in [3.05, 3.63) is 0 Å². The van der Waals surface area contributed by atoms with Crippen molar-refractivity contribution in [1.82, 2.24) is 5.32 Å². The number of amides is 1. The second kappa shape index (κ2) is 13.3. The number of quaternary nitrogens is 1. The number of hydrogen-bond acceptors (Lipinski definition) is 5. The second-order valence-corrected chi connectivity index (χ2v) is 6.72. The molecule has 1 unspecified atom stereocenters. The van der Waals surface area contributed by atoms with Crippen LogP contribution < -0.4 is 5.32 Å². The molecular formula is C14H33CaN2O6+. The Hall–Kier alpha value is 0.0397. The molecule has 0 rings (SSSR count). The molecule has 0 aromatic heterocycles. The third-order valence-electron chi connectivity index (χ3n) is 2.81. The van der Waals surface area contributed by atoms with Gasteiger partial charge in [-0.05, 0) is 0 Å². The predicted octanol–water partition coefficient (Wildman–Crippen LogP) is -1.51. The number of carbonyl (C=O) groups is 2. The fourth-order valence-corrected chi connectivity index (χ4v) is 1.13. The Balaban J connectivity index is -0.000000116. The molecule has 0 heterocycles. The molecule has 0 bridgehead atoms. The second-order valence-electron chi connectivity index (χ2n) is 6.72. The first kappa shape index (κ1) is 27.9. The van der Waals surface area contributed by atoms with Gasteiger partial charge in [-0.3, -0.25) is 9.59 Å². The van der Waals surface area contributed by atoms with Gasteiger partial charge in [0.05, 0.1) is 40.8 Å². The van der Waals surface area contributed by atoms with Crippen LogP contribution in [0.25, 0.3) is 0 Å². The summed E-state index contributed by atoms with van der Waals surface area (Å²) in [7, 11) is 6.16. The van der Waals surface area contributed by atoms with Crippen molar-refractivity contribution in [2.24, 2.45) is 5.41 Å². The van der Waals surface area contributed by atoms with Crippen LogP contribution in [0.1, 0.15) is 23.1 Å². The Bertz CT molecular complexity index is 355. The minimum absolute atomic E-state index is 0. The first-order valence-corrected chi connectivity index (χ1v) is 7.07. The number of carboxylic acids is 1. The number of rotatable bonds is 8. The summed E-state index contributed by atoms with van der Waals surface area (Å²) < 4.78 is 0.844. The maximum absolute atomic E-state index is 11.3. The normalized spacial score (nSPS) is 12.3. The van der Waals surface area contributed by atoms with Crippen LogP contribution >= 0.6 is 0 Å². The molecule has 0 fully saturated rings. The Morgan fingerprint density at radius 2 is 1.70 bits per heavy atom. The van der Waals surface area contributed by atoms with Crippen molar-refractivity contribution < 1.29 is 37.4 Å². The van der Waals surface area contributed by atoms with E-state index in [1.54, 1.807) is 0 Å². The van der Waals surface area contributed by atoms with Gasteiger partial charge in [0.2, 0.25) is 5.91 Å². The average Bonchev–Trinajstić information content (AvgIpc) is 2.36. The zero-order valence-electron chi connectivity index (χ0n) is 16.9. The molecule has 0 radical (unpaired) electrons. The van der Waals surface area contributed by atoms with Crippen LogP contribution in [-0.4, -0.2) is 128 Å². The zero-order valence-corrected chi connectivity index (χ0v) is 17.1. The van der Waals surface area contributed by atoms with E-state index < -0.39 is 23.4 Å². The molecule has 0 aromatic carbocycles. The minimum atomic E-state index is -1.35. The SMILES string of the molecule is CC(C)(CO)C(O)C(=O)NCCC(=O)O.C[N+](C)(C)CCO.[Ca+2].[H-].[H-]. The van der Waals surface area contributed by atoms with Gasteiger partial charge in [-0.25, -0.2) is 0 Å². The van der Waals surface area contributed by atoms with E-state index in [1.807, 2.05) is 0 Å². The zero-order chi connectivity index (χ0) is 18.0. The van der Waals surface area contributed by atoms with Crippen LogP contribution in [0.3, 0.4) is 0 Å². The number of carboxylic acid groups (broad SMARTS) is 1. The quantitative estimate of drug-likeness (QED) is 0.263. The Kier molecular flexibility index (Phi) is 16.2. The number of likely N-dealkylation sites (N-methyl/N-ethyl adjacent to an activating group) is 1. The maximum Gasteiger partial charge on any atom is 2.00 e. The molecule has 23 heavy (non-hydrogen) atoms. The summed E-state index contributed by atoms with van der Waals surface area (Å²) in [6.07, 6.45) is -1.55. The summed E-state index contributed by atoms with van der Waals surface area (Å²) in [4.78, 5) is 21.4. The number of nitrogens with one attached hydrogen (secondary N) is 1. The van der Waals surface area contributed by atoms with Crippen LogP contribution in [0.15, 0.2) is 0 Å². The fourth-order valence-electron chi connectivity index (χ4n) is 1.13. The third kappa shape index (κ3) is 16.7. The molecule has 0 spiro atoms. The van der Waals surface area contributed by atoms with E-state index in [0.717, 1.165) is 11.0 Å². The van der Waals surface area contributed by atoms with Gasteiger partial charge in [0.1, 0.15) is 12.6 Å². The van der Waals surface area contributed by atoms with Crippen molar-refractivity contribution in [2.75, 3.05) is 47.4 Å². The molecule has 1 amide bonds. The summed E-state index contributed by atoms with van der Waals surface area (Å²) in [5.41, 5.74) is -0.937. The van der Waals surface area contributed by atoms with Gasteiger partial charge in [-0.1, -0.05) is 13.8 Å². The molecule has 5 N–H and O–H groups in total. The standard InChI is InChI=1S/C9H17NO5.C5H14NO.Ca.2H/c1-9(2,5-11)7(14)8(15)10-4-3-6(12)13;1-6(2,3)4-5-7;;;/h7,11,14H,3-5H2,1-2H3,(H,10,15)(H,12,13);7H,4-5H2,1-3H3;;;/q;+1;+2;2*-1. The van der Waals surface area contributed by atoms with Crippen LogP contribution in [-0.2, 0) is 9.59 Å². The van der Waals surface area contributed by atoms with Crippen LogP contribution in [0, 0.1) is 5.41 Å². The van der Waals surface area contributed by atoms with Crippen LogP contribution in [0.4, 0.5) is 0 Å². The van der Waals surface area contributed by atoms with Gasteiger partial charge in [0.15, 0.2) is 0 Å². The monoisotopic (exact) mass is 365 g/mol. The third-order valence-corrected chi connectivity index (χ3v) is 2.81. The van der Waals surface area contributed by atoms with Gasteiger partial charge in [-0.15, -0.1) is 0 Å². The van der Waals surface area contributed by atoms with E-state index in [0.29, 0.717) is 0 Å². The first-order chi connectivity index (χ1) is 9.87. The van der Waals surface area contributed by atoms with E-state index in [9.17, 15) is 14.7 Å². The van der Waals surface area contributed by atoms with E-state index in [-0.39, 0.29) is 66.8 Å². The van der Waals surface area contributed by atoms with E-state index in [4.69, 9.17) is 15.3 Å². The van der Waals surface area contributed by atoms with E-state index in [1.165, 1.54) is 13.8 Å². The van der Waals surface area contributed by atoms with Crippen molar-refractivity contribution in [1.29, 1.82) is 0 Å². The summed E-state index contributed by atoms with van der Waals surface area (Å²) in [5, 5.41) is 37.4. The van der Waals surface area contributed by atoms with Crippen molar-refractivity contribution in [3.8, 4) is 0 Å². The van der Waals surface area contributed by atoms with Crippen molar-refractivity contribution >= 4 is 49.6 Å². The summed E-state index contributed by atoms with van der Waals surface area (Å²) in [6, 6.07) is 0. The number of carbonyl (C=O) groups excluding carboxylic acids is 1. The molecule has 0 saturated heterocycles. The van der Waals surface area contributed by atoms with E-state index in [2.05, 4.69) is 26.5 Å². The van der Waals surface area contributed by atoms with Crippen LogP contribution in [0.5, 0.6) is 0 Å². The predicted molar refractivity (Wildman–Crippen MR) is 90.1 cm³/mol. The average molecular weight is 366 g/mol. The number of hydrogen-bond donors (Lipinski definition) is 5. The molecule has 9 heteroatoms. The van der Waals surface area contributed by atoms with Gasteiger partial charge in [0.25, 0.3) is 0 Å². The fraction of sp³-hybridized carbons (Fsp3) is 0.857. The van der Waals surface area contributed by atoms with Gasteiger partial charge in [-0.2, -0.15) is 0 Å². The van der Waals surface area contributed by atoms with Gasteiger partial charge in [0, 0.05) is 12.0 Å². The smallest absolute Gasteiger partial charge is 1.00 e. The number of nitrogens with zero attached hydrogens (tertiary/aromatic N) is 1. The topological polar surface area (TPSA) is 127 Å². The molecule has 8 nitrogen and oxygen atoms in total. The molecule has 0 saturated carbocycles. The summed E-state index contributed by atoms with van der Waals surface area (Å²) >= 11 is 0. The van der Waals surface area contributed by atoms with Crippen molar-refractivity contribution in [3.63, 3.8) is 0 Å². The van der Waals surface area contributed by atoms with Crippen molar-refractivity contribution in [2.45, 2.75) is 26.4 Å². The largest absolute Gasteiger partial charge is 2.00 e. The number of aliphatic hydroxyl groups is 3. The molecule has 136 valence electrons. The number of aliphatic hydroxyl groups excluding tert-OH is 3. The Morgan fingerprint density at radius 1 is 1.22 bits per heavy atom. The Morgan fingerprint density at radius 3 is 1.96 bits per heavy atom. The summed E-state index contributed by atoms with van der Waals surface area (Å²) in [6.45, 7) is 3.82. The minimum Gasteiger partial charge on any atom is -1.00 e. The molecule has 0 aliphatic carbocycles. The molecule has 0 aliphatic rings. The first-order valence-electron chi connectivity index (χ1n) is 7.07. The maximum atomic E-state index is 11.3. The Labute approximate surface area is 171 Å². The van der Waals surface area contributed by atoms with Gasteiger partial charge >= 0.3 is 43.7 Å². The molecule has 0 aromatic rings. The van der Waals surface area contributed by atoms with E-state index >= 15 is 0 Å². The summed E-state index contributed by atoms with van der Waals surface area (Å²) in [5.74, 6) is -1.69. The molecule has 0 aliphatic heterocycles. The number of aliphatic carboxylic acids is 1. The molecule has 1 atom stereocenters.